The number of nitrogens with one attached hydrogen (secondary N) is 1. The van der Waals surface area contributed by atoms with E-state index in [4.69, 9.17) is 10.2 Å². The van der Waals surface area contributed by atoms with E-state index in [1.807, 2.05) is 0 Å². The standard InChI is InChI=1S/C19H22FN5O3/c1-10-22-14(9-28-10)15(26)23-11-6-7-13(20)12(8-11)19(4)18(2,3)16(27)25(5)17(21)24-19/h6-9H,1-5H3,(H2,21,24)(H,23,26). The van der Waals surface area contributed by atoms with E-state index in [1.54, 1.807) is 27.7 Å². The van der Waals surface area contributed by atoms with Crippen LogP contribution in [0.1, 0.15) is 42.7 Å². The quantitative estimate of drug-likeness (QED) is 0.839. The fourth-order valence-electron chi connectivity index (χ4n) is 3.21. The molecule has 148 valence electrons. The Labute approximate surface area is 161 Å². The molecule has 1 atom stereocenters. The van der Waals surface area contributed by atoms with E-state index in [0.29, 0.717) is 11.6 Å². The lowest BCUT2D eigenvalue weighted by Gasteiger charge is -2.46. The van der Waals surface area contributed by atoms with Crippen molar-refractivity contribution in [2.75, 3.05) is 12.4 Å². The topological polar surface area (TPSA) is 114 Å². The van der Waals surface area contributed by atoms with Crippen LogP contribution in [0.2, 0.25) is 0 Å². The minimum atomic E-state index is -1.27. The highest BCUT2D eigenvalue weighted by molar-refractivity contribution is 6.03. The molecule has 0 saturated heterocycles. The van der Waals surface area contributed by atoms with Crippen molar-refractivity contribution in [3.8, 4) is 0 Å². The Bertz CT molecular complexity index is 997. The van der Waals surface area contributed by atoms with Crippen molar-refractivity contribution >= 4 is 23.5 Å². The van der Waals surface area contributed by atoms with E-state index < -0.39 is 22.7 Å². The van der Waals surface area contributed by atoms with Crippen LogP contribution in [0, 0.1) is 18.2 Å². The van der Waals surface area contributed by atoms with E-state index >= 15 is 0 Å². The van der Waals surface area contributed by atoms with Crippen molar-refractivity contribution in [2.24, 2.45) is 16.1 Å². The van der Waals surface area contributed by atoms with Crippen molar-refractivity contribution < 1.29 is 18.4 Å². The van der Waals surface area contributed by atoms with Crippen molar-refractivity contribution in [2.45, 2.75) is 33.2 Å². The Morgan fingerprint density at radius 1 is 1.32 bits per heavy atom. The minimum Gasteiger partial charge on any atom is -0.448 e. The maximum absolute atomic E-state index is 14.8. The fourth-order valence-corrected chi connectivity index (χ4v) is 3.21. The molecule has 0 aliphatic carbocycles. The van der Waals surface area contributed by atoms with Gasteiger partial charge in [-0.1, -0.05) is 0 Å². The van der Waals surface area contributed by atoms with Gasteiger partial charge >= 0.3 is 0 Å². The fraction of sp³-hybridized carbons (Fsp3) is 0.368. The summed E-state index contributed by atoms with van der Waals surface area (Å²) in [5, 5.41) is 2.65. The number of carbonyl (C=O) groups is 2. The smallest absolute Gasteiger partial charge is 0.277 e. The Hall–Kier alpha value is -3.23. The first-order chi connectivity index (χ1) is 13.0. The van der Waals surface area contributed by atoms with E-state index in [-0.39, 0.29) is 23.1 Å². The molecule has 1 aromatic heterocycles. The molecule has 2 amide bonds. The predicted octanol–water partition coefficient (Wildman–Crippen LogP) is 2.40. The van der Waals surface area contributed by atoms with Crippen LogP contribution in [0.3, 0.4) is 0 Å². The molecule has 1 aliphatic rings. The third-order valence-corrected chi connectivity index (χ3v) is 5.34. The lowest BCUT2D eigenvalue weighted by atomic mass is 9.67. The van der Waals surface area contributed by atoms with Crippen LogP contribution in [-0.4, -0.2) is 34.7 Å². The van der Waals surface area contributed by atoms with Gasteiger partial charge in [-0.3, -0.25) is 14.5 Å². The Balaban J connectivity index is 2.04. The molecule has 1 aromatic carbocycles. The first kappa shape index (κ1) is 19.5. The molecule has 0 saturated carbocycles. The monoisotopic (exact) mass is 387 g/mol. The second kappa shape index (κ2) is 6.43. The molecule has 8 nitrogen and oxygen atoms in total. The van der Waals surface area contributed by atoms with Gasteiger partial charge in [-0.05, 0) is 39.0 Å². The van der Waals surface area contributed by atoms with Crippen molar-refractivity contribution in [1.82, 2.24) is 9.88 Å². The maximum atomic E-state index is 14.8. The van der Waals surface area contributed by atoms with Gasteiger partial charge in [0.1, 0.15) is 17.6 Å². The van der Waals surface area contributed by atoms with E-state index in [9.17, 15) is 14.0 Å². The van der Waals surface area contributed by atoms with Crippen molar-refractivity contribution in [1.29, 1.82) is 0 Å². The number of aliphatic imine (C=N–C) groups is 1. The van der Waals surface area contributed by atoms with Gasteiger partial charge in [0.2, 0.25) is 5.91 Å². The number of nitrogens with zero attached hydrogens (tertiary/aromatic N) is 3. The molecule has 2 heterocycles. The molecular weight excluding hydrogens is 365 g/mol. The summed E-state index contributed by atoms with van der Waals surface area (Å²) in [6.07, 6.45) is 1.24. The van der Waals surface area contributed by atoms with Crippen molar-refractivity contribution in [3.05, 3.63) is 47.4 Å². The Morgan fingerprint density at radius 2 is 2.00 bits per heavy atom. The normalized spacial score (nSPS) is 21.4. The van der Waals surface area contributed by atoms with Gasteiger partial charge in [0, 0.05) is 25.2 Å². The summed E-state index contributed by atoms with van der Waals surface area (Å²) < 4.78 is 19.8. The Morgan fingerprint density at radius 3 is 2.61 bits per heavy atom. The van der Waals surface area contributed by atoms with Crippen LogP contribution < -0.4 is 11.1 Å². The van der Waals surface area contributed by atoms with E-state index in [2.05, 4.69) is 15.3 Å². The highest BCUT2D eigenvalue weighted by Crippen LogP contribution is 2.47. The molecule has 0 radical (unpaired) electrons. The third kappa shape index (κ3) is 2.92. The molecule has 0 bridgehead atoms. The molecule has 1 aliphatic heterocycles. The number of anilines is 1. The van der Waals surface area contributed by atoms with E-state index in [1.165, 1.54) is 36.4 Å². The summed E-state index contributed by atoms with van der Waals surface area (Å²) >= 11 is 0. The van der Waals surface area contributed by atoms with Crippen LogP contribution >= 0.6 is 0 Å². The average Bonchev–Trinajstić information content (AvgIpc) is 3.07. The van der Waals surface area contributed by atoms with Crippen LogP contribution in [0.25, 0.3) is 0 Å². The molecule has 1 unspecified atom stereocenters. The summed E-state index contributed by atoms with van der Waals surface area (Å²) in [6, 6.07) is 4.09. The zero-order valence-corrected chi connectivity index (χ0v) is 16.3. The zero-order chi connectivity index (χ0) is 20.9. The summed E-state index contributed by atoms with van der Waals surface area (Å²) in [5.74, 6) is -0.983. The second-order valence-corrected chi connectivity index (χ2v) is 7.43. The molecular formula is C19H22FN5O3. The highest BCUT2D eigenvalue weighted by Gasteiger charge is 2.53. The van der Waals surface area contributed by atoms with Crippen LogP contribution in [-0.2, 0) is 10.3 Å². The number of carbonyl (C=O) groups excluding carboxylic acids is 2. The van der Waals surface area contributed by atoms with Gasteiger partial charge < -0.3 is 15.5 Å². The van der Waals surface area contributed by atoms with E-state index in [0.717, 1.165) is 0 Å². The summed E-state index contributed by atoms with van der Waals surface area (Å²) in [5.41, 5.74) is 4.14. The summed E-state index contributed by atoms with van der Waals surface area (Å²) in [6.45, 7) is 6.64. The number of aryl methyl sites for hydroxylation is 1. The lowest BCUT2D eigenvalue weighted by molar-refractivity contribution is -0.140. The number of halogens is 1. The molecule has 28 heavy (non-hydrogen) atoms. The summed E-state index contributed by atoms with van der Waals surface area (Å²) in [7, 11) is 1.52. The number of amides is 2. The van der Waals surface area contributed by atoms with Gasteiger partial charge in [-0.15, -0.1) is 0 Å². The Kier molecular flexibility index (Phi) is 4.49. The number of rotatable bonds is 3. The first-order valence-corrected chi connectivity index (χ1v) is 8.64. The number of hydrogen-bond acceptors (Lipinski definition) is 6. The van der Waals surface area contributed by atoms with Crippen molar-refractivity contribution in [3.63, 3.8) is 0 Å². The van der Waals surface area contributed by atoms with Gasteiger partial charge in [-0.25, -0.2) is 14.4 Å². The molecule has 0 spiro atoms. The lowest BCUT2D eigenvalue weighted by Crippen LogP contribution is -2.58. The molecule has 3 N–H and O–H groups in total. The highest BCUT2D eigenvalue weighted by atomic mass is 19.1. The first-order valence-electron chi connectivity index (χ1n) is 8.64. The molecule has 2 aromatic rings. The number of hydrogen-bond donors (Lipinski definition) is 2. The number of nitrogens with two attached hydrogens (primary N) is 1. The molecule has 9 heteroatoms. The molecule has 0 fully saturated rings. The van der Waals surface area contributed by atoms with Gasteiger partial charge in [0.15, 0.2) is 17.5 Å². The second-order valence-electron chi connectivity index (χ2n) is 7.43. The number of oxazole rings is 1. The van der Waals surface area contributed by atoms with Crippen LogP contribution in [0.5, 0.6) is 0 Å². The molecule has 3 rings (SSSR count). The van der Waals surface area contributed by atoms with Crippen LogP contribution in [0.4, 0.5) is 10.1 Å². The largest absolute Gasteiger partial charge is 0.448 e. The van der Waals surface area contributed by atoms with Gasteiger partial charge in [0.25, 0.3) is 5.91 Å². The zero-order valence-electron chi connectivity index (χ0n) is 16.3. The van der Waals surface area contributed by atoms with Gasteiger partial charge in [0.05, 0.1) is 5.41 Å². The predicted molar refractivity (Wildman–Crippen MR) is 101 cm³/mol. The van der Waals surface area contributed by atoms with Crippen LogP contribution in [0.15, 0.2) is 33.9 Å². The minimum absolute atomic E-state index is 0.00117. The maximum Gasteiger partial charge on any atom is 0.277 e. The number of guanidine groups is 1. The van der Waals surface area contributed by atoms with Gasteiger partial charge in [-0.2, -0.15) is 0 Å². The third-order valence-electron chi connectivity index (χ3n) is 5.34. The average molecular weight is 387 g/mol. The number of benzene rings is 1. The summed E-state index contributed by atoms with van der Waals surface area (Å²) in [4.78, 5) is 34.7. The number of aromatic nitrogens is 1. The SMILES string of the molecule is Cc1nc(C(=O)Nc2ccc(F)c(C3(C)N=C(N)N(C)C(=O)C3(C)C)c2)co1.